The topological polar surface area (TPSA) is 96.2 Å². The van der Waals surface area contributed by atoms with E-state index in [1.54, 1.807) is 42.9 Å². The summed E-state index contributed by atoms with van der Waals surface area (Å²) in [6.07, 6.45) is 4.96. The maximum absolute atomic E-state index is 12.8. The van der Waals surface area contributed by atoms with E-state index in [1.165, 1.54) is 8.98 Å². The van der Waals surface area contributed by atoms with Crippen LogP contribution < -0.4 is 0 Å². The molecule has 0 aliphatic heterocycles. The Hall–Kier alpha value is -2.69. The number of aromatic amines is 1. The highest BCUT2D eigenvalue weighted by Gasteiger charge is 2.22. The summed E-state index contributed by atoms with van der Waals surface area (Å²) < 4.78 is 28.8. The first-order chi connectivity index (χ1) is 13.5. The number of hydrogen-bond acceptors (Lipinski definition) is 6. The van der Waals surface area contributed by atoms with Gasteiger partial charge in [-0.2, -0.15) is 19.2 Å². The summed E-state index contributed by atoms with van der Waals surface area (Å²) >= 11 is 5.27. The van der Waals surface area contributed by atoms with Crippen LogP contribution in [0.5, 0.6) is 0 Å². The van der Waals surface area contributed by atoms with Crippen molar-refractivity contribution in [1.29, 1.82) is 0 Å². The molecular weight excluding hydrogens is 396 g/mol. The first-order valence-corrected chi connectivity index (χ1v) is 10.5. The minimum Gasteiger partial charge on any atom is -0.265 e. The third-order valence-electron chi connectivity index (χ3n) is 4.11. The molecule has 10 heteroatoms. The minimum absolute atomic E-state index is 0.201. The van der Waals surface area contributed by atoms with E-state index in [0.29, 0.717) is 29.2 Å². The smallest absolute Gasteiger partial charge is 0.243 e. The summed E-state index contributed by atoms with van der Waals surface area (Å²) in [4.78, 5) is 4.17. The Bertz CT molecular complexity index is 1130. The van der Waals surface area contributed by atoms with Crippen molar-refractivity contribution in [3.63, 3.8) is 0 Å². The van der Waals surface area contributed by atoms with Crippen molar-refractivity contribution < 1.29 is 8.42 Å². The van der Waals surface area contributed by atoms with E-state index in [1.807, 2.05) is 26.0 Å². The van der Waals surface area contributed by atoms with Gasteiger partial charge in [0.05, 0.1) is 11.1 Å². The van der Waals surface area contributed by atoms with Gasteiger partial charge in [0.25, 0.3) is 0 Å². The molecule has 3 rings (SSSR count). The molecule has 2 heterocycles. The van der Waals surface area contributed by atoms with Gasteiger partial charge in [0.15, 0.2) is 5.82 Å². The molecule has 1 aromatic carbocycles. The number of nitrogens with one attached hydrogen (secondary N) is 1. The standard InChI is InChI=1S/C18H20N6O2S2/c1-3-23(4-2)28(25,26)16-7-5-6-15(12-16)17-21-22-18(27)24(17)20-13-14-8-10-19-11-9-14/h5-13H,3-4H2,1-2H3,(H,22,27)/b20-13-. The number of benzene rings is 1. The highest BCUT2D eigenvalue weighted by molar-refractivity contribution is 7.89. The fourth-order valence-electron chi connectivity index (χ4n) is 2.67. The second-order valence-corrected chi connectivity index (χ2v) is 8.13. The predicted molar refractivity (Wildman–Crippen MR) is 110 cm³/mol. The Morgan fingerprint density at radius 1 is 1.21 bits per heavy atom. The lowest BCUT2D eigenvalue weighted by atomic mass is 10.2. The van der Waals surface area contributed by atoms with E-state index in [4.69, 9.17) is 12.2 Å². The molecule has 1 N–H and O–H groups in total. The monoisotopic (exact) mass is 416 g/mol. The molecule has 2 aromatic heterocycles. The van der Waals surface area contributed by atoms with Crippen LogP contribution >= 0.6 is 12.2 Å². The van der Waals surface area contributed by atoms with Gasteiger partial charge in [0.1, 0.15) is 0 Å². The van der Waals surface area contributed by atoms with Crippen LogP contribution in [0.25, 0.3) is 11.4 Å². The van der Waals surface area contributed by atoms with E-state index >= 15 is 0 Å². The van der Waals surface area contributed by atoms with Crippen molar-refractivity contribution in [2.75, 3.05) is 13.1 Å². The van der Waals surface area contributed by atoms with Crippen LogP contribution in [-0.2, 0) is 10.0 Å². The third kappa shape index (κ3) is 4.08. The van der Waals surface area contributed by atoms with E-state index in [-0.39, 0.29) is 4.90 Å². The normalized spacial score (nSPS) is 12.1. The first kappa shape index (κ1) is 20.1. The van der Waals surface area contributed by atoms with Crippen molar-refractivity contribution in [3.05, 3.63) is 59.1 Å². The molecule has 3 aromatic rings. The second-order valence-electron chi connectivity index (χ2n) is 5.81. The largest absolute Gasteiger partial charge is 0.265 e. The summed E-state index contributed by atoms with van der Waals surface area (Å²) in [6.45, 7) is 4.42. The molecule has 0 aliphatic carbocycles. The highest BCUT2D eigenvalue weighted by Crippen LogP contribution is 2.23. The van der Waals surface area contributed by atoms with Gasteiger partial charge in [-0.05, 0) is 42.0 Å². The molecule has 0 aliphatic rings. The molecule has 0 saturated heterocycles. The van der Waals surface area contributed by atoms with Crippen LogP contribution in [0.3, 0.4) is 0 Å². The Morgan fingerprint density at radius 3 is 2.61 bits per heavy atom. The van der Waals surface area contributed by atoms with Gasteiger partial charge in [0, 0.05) is 31.0 Å². The number of hydrogen-bond donors (Lipinski definition) is 1. The second kappa shape index (κ2) is 8.55. The molecule has 0 bridgehead atoms. The molecule has 0 atom stereocenters. The number of nitrogens with zero attached hydrogens (tertiary/aromatic N) is 5. The lowest BCUT2D eigenvalue weighted by molar-refractivity contribution is 0.445. The van der Waals surface area contributed by atoms with E-state index in [2.05, 4.69) is 20.3 Å². The van der Waals surface area contributed by atoms with Gasteiger partial charge in [-0.1, -0.05) is 26.0 Å². The molecule has 0 fully saturated rings. The van der Waals surface area contributed by atoms with Gasteiger partial charge < -0.3 is 0 Å². The van der Waals surface area contributed by atoms with E-state index in [9.17, 15) is 8.42 Å². The fraction of sp³-hybridized carbons (Fsp3) is 0.222. The summed E-state index contributed by atoms with van der Waals surface area (Å²) in [5.74, 6) is 0.423. The van der Waals surface area contributed by atoms with Crippen LogP contribution in [0.15, 0.2) is 58.8 Å². The average Bonchev–Trinajstić information content (AvgIpc) is 3.08. The lowest BCUT2D eigenvalue weighted by Gasteiger charge is -2.18. The Balaban J connectivity index is 2.02. The molecule has 0 amide bonds. The van der Waals surface area contributed by atoms with Crippen LogP contribution in [0.4, 0.5) is 0 Å². The van der Waals surface area contributed by atoms with Crippen molar-refractivity contribution in [1.82, 2.24) is 24.2 Å². The summed E-state index contributed by atoms with van der Waals surface area (Å²) in [7, 11) is -3.58. The Morgan fingerprint density at radius 2 is 1.93 bits per heavy atom. The number of aromatic nitrogens is 4. The zero-order valence-corrected chi connectivity index (χ0v) is 17.1. The van der Waals surface area contributed by atoms with E-state index < -0.39 is 10.0 Å². The van der Waals surface area contributed by atoms with Crippen LogP contribution in [0.1, 0.15) is 19.4 Å². The van der Waals surface area contributed by atoms with Gasteiger partial charge >= 0.3 is 0 Å². The molecule has 0 spiro atoms. The third-order valence-corrected chi connectivity index (χ3v) is 6.42. The van der Waals surface area contributed by atoms with Crippen LogP contribution in [0.2, 0.25) is 0 Å². The maximum Gasteiger partial charge on any atom is 0.243 e. The Labute approximate surface area is 168 Å². The molecule has 0 unspecified atom stereocenters. The lowest BCUT2D eigenvalue weighted by Crippen LogP contribution is -2.30. The van der Waals surface area contributed by atoms with Gasteiger partial charge in [0.2, 0.25) is 14.8 Å². The van der Waals surface area contributed by atoms with Crippen molar-refractivity contribution in [2.45, 2.75) is 18.7 Å². The van der Waals surface area contributed by atoms with E-state index in [0.717, 1.165) is 5.56 Å². The Kier molecular flexibility index (Phi) is 6.12. The summed E-state index contributed by atoms with van der Waals surface area (Å²) in [6, 6.07) is 10.2. The quantitative estimate of drug-likeness (QED) is 0.472. The average molecular weight is 417 g/mol. The summed E-state index contributed by atoms with van der Waals surface area (Å²) in [5, 5.41) is 11.3. The van der Waals surface area contributed by atoms with Gasteiger partial charge in [-0.15, -0.1) is 0 Å². The summed E-state index contributed by atoms with van der Waals surface area (Å²) in [5.41, 5.74) is 1.44. The van der Waals surface area contributed by atoms with Crippen molar-refractivity contribution >= 4 is 28.5 Å². The minimum atomic E-state index is -3.58. The predicted octanol–water partition coefficient (Wildman–Crippen LogP) is 2.92. The van der Waals surface area contributed by atoms with Crippen LogP contribution in [-0.4, -0.2) is 51.9 Å². The number of pyridine rings is 1. The molecular formula is C18H20N6O2S2. The molecule has 0 saturated carbocycles. The molecule has 146 valence electrons. The molecule has 28 heavy (non-hydrogen) atoms. The molecule has 0 radical (unpaired) electrons. The van der Waals surface area contributed by atoms with Crippen molar-refractivity contribution in [2.24, 2.45) is 5.10 Å². The highest BCUT2D eigenvalue weighted by atomic mass is 32.2. The van der Waals surface area contributed by atoms with Crippen molar-refractivity contribution in [3.8, 4) is 11.4 Å². The fourth-order valence-corrected chi connectivity index (χ4v) is 4.35. The van der Waals surface area contributed by atoms with Crippen LogP contribution in [0, 0.1) is 4.77 Å². The zero-order chi connectivity index (χ0) is 20.1. The van der Waals surface area contributed by atoms with Gasteiger partial charge in [-0.3, -0.25) is 4.98 Å². The maximum atomic E-state index is 12.8. The SMILES string of the molecule is CCN(CC)S(=O)(=O)c1cccc(-c2n[nH]c(=S)n2/N=C\c2ccncc2)c1. The van der Waals surface area contributed by atoms with Gasteiger partial charge in [-0.25, -0.2) is 13.5 Å². The number of rotatable bonds is 7. The zero-order valence-electron chi connectivity index (χ0n) is 15.5. The first-order valence-electron chi connectivity index (χ1n) is 8.69. The number of sulfonamides is 1. The molecule has 8 nitrogen and oxygen atoms in total. The number of H-pyrrole nitrogens is 1.